The van der Waals surface area contributed by atoms with Crippen LogP contribution in [-0.2, 0) is 4.79 Å². The van der Waals surface area contributed by atoms with Crippen LogP contribution in [0.3, 0.4) is 0 Å². The molecule has 1 saturated heterocycles. The zero-order valence-corrected chi connectivity index (χ0v) is 13.0. The molecule has 1 amide bonds. The third kappa shape index (κ3) is 4.27. The number of hydrogen-bond acceptors (Lipinski definition) is 1. The van der Waals surface area contributed by atoms with Crippen molar-refractivity contribution in [3.8, 4) is 0 Å². The summed E-state index contributed by atoms with van der Waals surface area (Å²) in [5.41, 5.74) is 0. The fourth-order valence-corrected chi connectivity index (χ4v) is 3.05. The zero-order valence-electron chi connectivity index (χ0n) is 11.4. The minimum atomic E-state index is 0.253. The smallest absolute Gasteiger partial charge is 0.225 e. The molecule has 0 radical (unpaired) electrons. The van der Waals surface area contributed by atoms with E-state index >= 15 is 0 Å². The highest BCUT2D eigenvalue weighted by atomic mass is 79.9. The van der Waals surface area contributed by atoms with Crippen molar-refractivity contribution in [2.24, 2.45) is 11.8 Å². The lowest BCUT2D eigenvalue weighted by Crippen LogP contribution is -2.46. The Morgan fingerprint density at radius 1 is 1.47 bits per heavy atom. The van der Waals surface area contributed by atoms with Crippen molar-refractivity contribution >= 4 is 21.8 Å². The lowest BCUT2D eigenvalue weighted by Gasteiger charge is -2.36. The molecule has 0 aromatic carbocycles. The van der Waals surface area contributed by atoms with Crippen LogP contribution in [0.5, 0.6) is 0 Å². The summed E-state index contributed by atoms with van der Waals surface area (Å²) in [5.74, 6) is 1.33. The Morgan fingerprint density at radius 2 is 2.18 bits per heavy atom. The lowest BCUT2D eigenvalue weighted by atomic mass is 9.94. The molecule has 17 heavy (non-hydrogen) atoms. The Labute approximate surface area is 114 Å². The Hall–Kier alpha value is -0.0500. The van der Waals surface area contributed by atoms with Gasteiger partial charge in [0.15, 0.2) is 0 Å². The van der Waals surface area contributed by atoms with Gasteiger partial charge in [-0.05, 0) is 25.2 Å². The highest BCUT2D eigenvalue weighted by Gasteiger charge is 2.29. The number of likely N-dealkylation sites (tertiary alicyclic amines) is 1. The van der Waals surface area contributed by atoms with Gasteiger partial charge < -0.3 is 4.90 Å². The molecule has 3 heteroatoms. The van der Waals surface area contributed by atoms with E-state index in [1.165, 1.54) is 12.8 Å². The van der Waals surface area contributed by atoms with Crippen molar-refractivity contribution in [3.63, 3.8) is 0 Å². The third-order valence-electron chi connectivity index (χ3n) is 3.93. The molecule has 1 aliphatic rings. The molecule has 2 nitrogen and oxygen atoms in total. The van der Waals surface area contributed by atoms with Crippen molar-refractivity contribution in [2.45, 2.75) is 57.7 Å². The van der Waals surface area contributed by atoms with Crippen LogP contribution in [-0.4, -0.2) is 28.7 Å². The van der Waals surface area contributed by atoms with E-state index in [0.29, 0.717) is 16.7 Å². The number of hydrogen-bond donors (Lipinski definition) is 0. The SMILES string of the molecule is CCCCC(CC)C(=O)N1CCC(C)C(Br)C1. The molecule has 3 unspecified atom stereocenters. The van der Waals surface area contributed by atoms with Gasteiger partial charge in [0.25, 0.3) is 0 Å². The average molecular weight is 304 g/mol. The van der Waals surface area contributed by atoms with Gasteiger partial charge in [-0.2, -0.15) is 0 Å². The topological polar surface area (TPSA) is 20.3 Å². The van der Waals surface area contributed by atoms with Gasteiger partial charge in [0, 0.05) is 23.8 Å². The van der Waals surface area contributed by atoms with Gasteiger partial charge in [-0.25, -0.2) is 0 Å². The average Bonchev–Trinajstić information content (AvgIpc) is 2.33. The largest absolute Gasteiger partial charge is 0.341 e. The number of alkyl halides is 1. The van der Waals surface area contributed by atoms with Crippen LogP contribution in [0.4, 0.5) is 0 Å². The summed E-state index contributed by atoms with van der Waals surface area (Å²) in [6.45, 7) is 8.42. The van der Waals surface area contributed by atoms with Crippen LogP contribution in [0.2, 0.25) is 0 Å². The highest BCUT2D eigenvalue weighted by Crippen LogP contribution is 2.25. The molecule has 1 rings (SSSR count). The lowest BCUT2D eigenvalue weighted by molar-refractivity contribution is -0.137. The molecule has 0 bridgehead atoms. The molecule has 3 atom stereocenters. The third-order valence-corrected chi connectivity index (χ3v) is 5.12. The Bertz CT molecular complexity index is 244. The monoisotopic (exact) mass is 303 g/mol. The standard InChI is InChI=1S/C14H26BrNO/c1-4-6-7-12(5-2)14(17)16-9-8-11(3)13(15)10-16/h11-13H,4-10H2,1-3H3. The van der Waals surface area contributed by atoms with Crippen molar-refractivity contribution in [2.75, 3.05) is 13.1 Å². The summed E-state index contributed by atoms with van der Waals surface area (Å²) in [4.78, 5) is 14.9. The zero-order chi connectivity index (χ0) is 12.8. The minimum absolute atomic E-state index is 0.253. The van der Waals surface area contributed by atoms with Gasteiger partial charge >= 0.3 is 0 Å². The van der Waals surface area contributed by atoms with Gasteiger partial charge in [-0.15, -0.1) is 0 Å². The Balaban J connectivity index is 2.50. The first-order valence-electron chi connectivity index (χ1n) is 7.02. The normalized spacial score (nSPS) is 26.9. The molecule has 100 valence electrons. The van der Waals surface area contributed by atoms with E-state index in [1.54, 1.807) is 0 Å². The van der Waals surface area contributed by atoms with Crippen molar-refractivity contribution < 1.29 is 4.79 Å². The predicted octanol–water partition coefficient (Wildman–Crippen LogP) is 3.83. The van der Waals surface area contributed by atoms with Crippen LogP contribution in [0.25, 0.3) is 0 Å². The van der Waals surface area contributed by atoms with E-state index in [1.807, 2.05) is 0 Å². The van der Waals surface area contributed by atoms with E-state index in [2.05, 4.69) is 41.6 Å². The molecule has 1 fully saturated rings. The van der Waals surface area contributed by atoms with E-state index in [9.17, 15) is 4.79 Å². The van der Waals surface area contributed by atoms with Gasteiger partial charge in [-0.3, -0.25) is 4.79 Å². The first kappa shape index (κ1) is 15.0. The maximum absolute atomic E-state index is 12.4. The molecule has 0 spiro atoms. The Kier molecular flexibility index (Phi) is 6.53. The van der Waals surface area contributed by atoms with E-state index in [0.717, 1.165) is 32.4 Å². The highest BCUT2D eigenvalue weighted by molar-refractivity contribution is 9.09. The van der Waals surface area contributed by atoms with Crippen LogP contribution >= 0.6 is 15.9 Å². The fourth-order valence-electron chi connectivity index (χ4n) is 2.43. The number of rotatable bonds is 5. The number of piperidine rings is 1. The van der Waals surface area contributed by atoms with Crippen LogP contribution < -0.4 is 0 Å². The summed E-state index contributed by atoms with van der Waals surface area (Å²) in [6, 6.07) is 0. The van der Waals surface area contributed by atoms with E-state index in [4.69, 9.17) is 0 Å². The summed E-state index contributed by atoms with van der Waals surface area (Å²) in [7, 11) is 0. The molecule has 0 saturated carbocycles. The van der Waals surface area contributed by atoms with E-state index < -0.39 is 0 Å². The molecule has 1 heterocycles. The van der Waals surface area contributed by atoms with Crippen molar-refractivity contribution in [1.29, 1.82) is 0 Å². The number of carbonyl (C=O) groups excluding carboxylic acids is 1. The number of halogens is 1. The first-order chi connectivity index (χ1) is 8.10. The molecule has 0 aliphatic carbocycles. The van der Waals surface area contributed by atoms with Gasteiger partial charge in [-0.1, -0.05) is 49.5 Å². The quantitative estimate of drug-likeness (QED) is 0.707. The van der Waals surface area contributed by atoms with E-state index in [-0.39, 0.29) is 5.92 Å². The summed E-state index contributed by atoms with van der Waals surface area (Å²) in [6.07, 6.45) is 5.53. The molecule has 0 aromatic heterocycles. The fraction of sp³-hybridized carbons (Fsp3) is 0.929. The number of unbranched alkanes of at least 4 members (excludes halogenated alkanes) is 1. The summed E-state index contributed by atoms with van der Waals surface area (Å²) < 4.78 is 0. The summed E-state index contributed by atoms with van der Waals surface area (Å²) >= 11 is 3.69. The van der Waals surface area contributed by atoms with Crippen molar-refractivity contribution in [3.05, 3.63) is 0 Å². The van der Waals surface area contributed by atoms with Crippen LogP contribution in [0.15, 0.2) is 0 Å². The maximum atomic E-state index is 12.4. The first-order valence-corrected chi connectivity index (χ1v) is 7.94. The molecule has 1 aliphatic heterocycles. The molecular formula is C14H26BrNO. The van der Waals surface area contributed by atoms with Gasteiger partial charge in [0.05, 0.1) is 0 Å². The van der Waals surface area contributed by atoms with Gasteiger partial charge in [0.1, 0.15) is 0 Å². The molecule has 0 aromatic rings. The number of nitrogens with zero attached hydrogens (tertiary/aromatic N) is 1. The number of amides is 1. The maximum Gasteiger partial charge on any atom is 0.225 e. The molecular weight excluding hydrogens is 278 g/mol. The Morgan fingerprint density at radius 3 is 2.71 bits per heavy atom. The summed E-state index contributed by atoms with van der Waals surface area (Å²) in [5, 5.41) is 0. The van der Waals surface area contributed by atoms with Crippen LogP contribution in [0.1, 0.15) is 52.9 Å². The number of carbonyl (C=O) groups is 1. The second kappa shape index (κ2) is 7.40. The van der Waals surface area contributed by atoms with Crippen LogP contribution in [0, 0.1) is 11.8 Å². The minimum Gasteiger partial charge on any atom is -0.341 e. The second-order valence-electron chi connectivity index (χ2n) is 5.31. The van der Waals surface area contributed by atoms with Crippen molar-refractivity contribution in [1.82, 2.24) is 4.90 Å². The van der Waals surface area contributed by atoms with Gasteiger partial charge in [0.2, 0.25) is 5.91 Å². The molecule has 0 N–H and O–H groups in total. The second-order valence-corrected chi connectivity index (χ2v) is 6.49. The predicted molar refractivity (Wildman–Crippen MR) is 76.4 cm³/mol.